The maximum atomic E-state index is 13.8. The van der Waals surface area contributed by atoms with E-state index in [4.69, 9.17) is 16.3 Å². The molecular formula is C37H30ClNO4. The molecule has 2 N–H and O–H groups in total. The van der Waals surface area contributed by atoms with Crippen molar-refractivity contribution in [1.82, 2.24) is 0 Å². The summed E-state index contributed by atoms with van der Waals surface area (Å²) in [5.74, 6) is -0.661. The number of fused-ring (bicyclic) bond motifs is 1. The van der Waals surface area contributed by atoms with E-state index in [0.29, 0.717) is 23.7 Å². The van der Waals surface area contributed by atoms with Gasteiger partial charge in [0.15, 0.2) is 0 Å². The number of carbonyl (C=O) groups excluding carboxylic acids is 1. The van der Waals surface area contributed by atoms with E-state index in [-0.39, 0.29) is 11.5 Å². The Morgan fingerprint density at radius 3 is 2.23 bits per heavy atom. The molecule has 0 bridgehead atoms. The topological polar surface area (TPSA) is 75.6 Å². The lowest BCUT2D eigenvalue weighted by atomic mass is 9.89. The molecule has 43 heavy (non-hydrogen) atoms. The van der Waals surface area contributed by atoms with E-state index in [1.165, 1.54) is 5.56 Å². The molecule has 0 saturated carbocycles. The molecule has 0 unspecified atom stereocenters. The lowest BCUT2D eigenvalue weighted by Crippen LogP contribution is -2.23. The molecule has 0 aromatic heterocycles. The van der Waals surface area contributed by atoms with Gasteiger partial charge in [-0.25, -0.2) is 4.79 Å². The van der Waals surface area contributed by atoms with Crippen molar-refractivity contribution in [3.8, 4) is 28.0 Å². The summed E-state index contributed by atoms with van der Waals surface area (Å²) >= 11 is 6.13. The fourth-order valence-electron chi connectivity index (χ4n) is 5.57. The van der Waals surface area contributed by atoms with Crippen LogP contribution in [0.5, 0.6) is 5.75 Å². The maximum absolute atomic E-state index is 13.8. The number of aryl methyl sites for hydroxylation is 1. The Bertz CT molecular complexity index is 1800. The van der Waals surface area contributed by atoms with Gasteiger partial charge in [-0.1, -0.05) is 72.3 Å². The van der Waals surface area contributed by atoms with Gasteiger partial charge in [-0.2, -0.15) is 0 Å². The van der Waals surface area contributed by atoms with Gasteiger partial charge in [-0.3, -0.25) is 4.79 Å². The van der Waals surface area contributed by atoms with Crippen LogP contribution in [0.3, 0.4) is 0 Å². The highest BCUT2D eigenvalue weighted by Crippen LogP contribution is 2.32. The minimum Gasteiger partial charge on any atom is -0.493 e. The molecule has 1 amide bonds. The number of rotatable bonds is 8. The number of carboxylic acid groups (broad SMARTS) is 1. The third-order valence-corrected chi connectivity index (χ3v) is 8.18. The fraction of sp³-hybridized carbons (Fsp3) is 0.135. The van der Waals surface area contributed by atoms with Gasteiger partial charge >= 0.3 is 5.97 Å². The highest BCUT2D eigenvalue weighted by Gasteiger charge is 2.22. The number of amides is 1. The summed E-state index contributed by atoms with van der Waals surface area (Å²) in [6.45, 7) is 2.74. The van der Waals surface area contributed by atoms with Gasteiger partial charge in [-0.15, -0.1) is 0 Å². The Balaban J connectivity index is 1.25. The molecule has 6 rings (SSSR count). The number of nitrogens with one attached hydrogen (secondary N) is 1. The molecule has 1 aliphatic rings. The van der Waals surface area contributed by atoms with Gasteiger partial charge in [-0.05, 0) is 106 Å². The number of carbonyl (C=O) groups is 2. The minimum atomic E-state index is -0.980. The van der Waals surface area contributed by atoms with Crippen LogP contribution in [-0.4, -0.2) is 23.6 Å². The first-order chi connectivity index (χ1) is 20.8. The van der Waals surface area contributed by atoms with E-state index in [9.17, 15) is 14.7 Å². The molecule has 0 radical (unpaired) electrons. The summed E-state index contributed by atoms with van der Waals surface area (Å²) in [5, 5.41) is 13.1. The molecule has 5 aromatic rings. The van der Waals surface area contributed by atoms with Gasteiger partial charge < -0.3 is 15.2 Å². The Labute approximate surface area is 255 Å². The summed E-state index contributed by atoms with van der Waals surface area (Å²) in [6.07, 6.45) is 1.33. The fourth-order valence-corrected chi connectivity index (χ4v) is 5.80. The van der Waals surface area contributed by atoms with Crippen molar-refractivity contribution in [3.63, 3.8) is 0 Å². The van der Waals surface area contributed by atoms with Crippen LogP contribution in [0.2, 0.25) is 5.02 Å². The highest BCUT2D eigenvalue weighted by molar-refractivity contribution is 6.30. The average molecular weight is 588 g/mol. The van der Waals surface area contributed by atoms with Gasteiger partial charge in [0.2, 0.25) is 5.91 Å². The number of anilines is 1. The standard InChI is InChI=1S/C37H30ClNO4/c1-23-20-31(38)13-16-33(23)26-10-14-32(15-11-26)39-36(40)34(21-24-2-4-28(5-3-24)37(41)42)27-8-6-25(7-9-27)29-12-17-35-30(22-29)18-19-43-35/h2-17,20,22,34H,18-19,21H2,1H3,(H,39,40)(H,41,42)/t34-/m1/s1. The second-order valence-corrected chi connectivity index (χ2v) is 11.3. The zero-order chi connectivity index (χ0) is 29.9. The Hall–Kier alpha value is -4.87. The van der Waals surface area contributed by atoms with Crippen molar-refractivity contribution >= 4 is 29.2 Å². The van der Waals surface area contributed by atoms with Crippen molar-refractivity contribution in [1.29, 1.82) is 0 Å². The van der Waals surface area contributed by atoms with Crippen LogP contribution in [0.15, 0.2) is 109 Å². The minimum absolute atomic E-state index is 0.139. The maximum Gasteiger partial charge on any atom is 0.335 e. The molecule has 214 valence electrons. The predicted octanol–water partition coefficient (Wildman–Crippen LogP) is 8.58. The molecular weight excluding hydrogens is 558 g/mol. The number of aromatic carboxylic acids is 1. The van der Waals surface area contributed by atoms with Crippen LogP contribution < -0.4 is 10.1 Å². The molecule has 0 saturated heterocycles. The van der Waals surface area contributed by atoms with E-state index in [2.05, 4.69) is 17.4 Å². The van der Waals surface area contributed by atoms with Crippen LogP contribution >= 0.6 is 11.6 Å². The van der Waals surface area contributed by atoms with E-state index in [0.717, 1.165) is 51.1 Å². The van der Waals surface area contributed by atoms with Crippen molar-refractivity contribution in [2.45, 2.75) is 25.7 Å². The number of hydrogen-bond acceptors (Lipinski definition) is 3. The molecule has 1 aliphatic heterocycles. The Morgan fingerprint density at radius 2 is 1.53 bits per heavy atom. The first-order valence-corrected chi connectivity index (χ1v) is 14.6. The van der Waals surface area contributed by atoms with Crippen molar-refractivity contribution in [2.24, 2.45) is 0 Å². The number of benzene rings is 5. The first-order valence-electron chi connectivity index (χ1n) is 14.2. The lowest BCUT2D eigenvalue weighted by molar-refractivity contribution is -0.117. The van der Waals surface area contributed by atoms with Crippen LogP contribution in [0, 0.1) is 6.92 Å². The summed E-state index contributed by atoms with van der Waals surface area (Å²) in [6, 6.07) is 34.6. The van der Waals surface area contributed by atoms with Gasteiger partial charge in [0.05, 0.1) is 18.1 Å². The third-order valence-electron chi connectivity index (χ3n) is 7.94. The second kappa shape index (κ2) is 12.2. The molecule has 0 aliphatic carbocycles. The second-order valence-electron chi connectivity index (χ2n) is 10.8. The highest BCUT2D eigenvalue weighted by atomic mass is 35.5. The zero-order valence-electron chi connectivity index (χ0n) is 23.6. The quantitative estimate of drug-likeness (QED) is 0.191. The SMILES string of the molecule is Cc1cc(Cl)ccc1-c1ccc(NC(=O)[C@H](Cc2ccc(C(=O)O)cc2)c2ccc(-c3ccc4c(c3)CCO4)cc2)cc1. The predicted molar refractivity (Wildman–Crippen MR) is 171 cm³/mol. The van der Waals surface area contributed by atoms with E-state index in [1.807, 2.05) is 79.7 Å². The van der Waals surface area contributed by atoms with E-state index < -0.39 is 11.9 Å². The van der Waals surface area contributed by atoms with Gasteiger partial charge in [0.25, 0.3) is 0 Å². The summed E-state index contributed by atoms with van der Waals surface area (Å²) in [4.78, 5) is 25.1. The number of ether oxygens (including phenoxy) is 1. The van der Waals surface area contributed by atoms with Crippen molar-refractivity contribution in [2.75, 3.05) is 11.9 Å². The Morgan fingerprint density at radius 1 is 0.837 bits per heavy atom. The Kier molecular flexibility index (Phi) is 7.99. The molecule has 0 spiro atoms. The molecule has 6 heteroatoms. The van der Waals surface area contributed by atoms with Crippen LogP contribution in [-0.2, 0) is 17.6 Å². The molecule has 1 heterocycles. The first kappa shape index (κ1) is 28.3. The molecule has 5 aromatic carbocycles. The summed E-state index contributed by atoms with van der Waals surface area (Å²) < 4.78 is 5.65. The van der Waals surface area contributed by atoms with Gasteiger partial charge in [0.1, 0.15) is 5.75 Å². The van der Waals surface area contributed by atoms with E-state index in [1.54, 1.807) is 24.3 Å². The number of halogens is 1. The third kappa shape index (κ3) is 6.32. The van der Waals surface area contributed by atoms with Crippen LogP contribution in [0.1, 0.15) is 38.5 Å². The largest absolute Gasteiger partial charge is 0.493 e. The smallest absolute Gasteiger partial charge is 0.335 e. The summed E-state index contributed by atoms with van der Waals surface area (Å²) in [7, 11) is 0. The zero-order valence-corrected chi connectivity index (χ0v) is 24.4. The van der Waals surface area contributed by atoms with Crippen molar-refractivity contribution in [3.05, 3.63) is 142 Å². The summed E-state index contributed by atoms with van der Waals surface area (Å²) in [5.41, 5.74) is 9.25. The van der Waals surface area contributed by atoms with Crippen molar-refractivity contribution < 1.29 is 19.4 Å². The lowest BCUT2D eigenvalue weighted by Gasteiger charge is -2.19. The monoisotopic (exact) mass is 587 g/mol. The van der Waals surface area contributed by atoms with E-state index >= 15 is 0 Å². The van der Waals surface area contributed by atoms with Crippen LogP contribution in [0.4, 0.5) is 5.69 Å². The normalized spacial score (nSPS) is 12.7. The average Bonchev–Trinajstić information content (AvgIpc) is 3.49. The van der Waals surface area contributed by atoms with Crippen LogP contribution in [0.25, 0.3) is 22.3 Å². The molecule has 0 fully saturated rings. The molecule has 5 nitrogen and oxygen atoms in total. The number of hydrogen-bond donors (Lipinski definition) is 2. The van der Waals surface area contributed by atoms with Gasteiger partial charge in [0, 0.05) is 17.1 Å². The molecule has 1 atom stereocenters. The number of carboxylic acids is 1.